The third-order valence-corrected chi connectivity index (χ3v) is 7.35. The van der Waals surface area contributed by atoms with Crippen molar-refractivity contribution in [2.24, 2.45) is 0 Å². The number of amides is 2. The summed E-state index contributed by atoms with van der Waals surface area (Å²) < 4.78 is 5.40. The molecule has 156 valence electrons. The third kappa shape index (κ3) is 4.99. The molecule has 2 aliphatic rings. The second-order valence-corrected chi connectivity index (χ2v) is 10.3. The average Bonchev–Trinajstić information content (AvgIpc) is 3.42. The molecule has 3 heterocycles. The zero-order valence-electron chi connectivity index (χ0n) is 16.9. The van der Waals surface area contributed by atoms with Crippen molar-refractivity contribution >= 4 is 40.1 Å². The Bertz CT molecular complexity index is 877. The molecule has 0 atom stereocenters. The number of hydrogen-bond acceptors (Lipinski definition) is 7. The highest BCUT2D eigenvalue weighted by molar-refractivity contribution is 7.78. The molecule has 2 N–H and O–H groups in total. The van der Waals surface area contributed by atoms with E-state index in [0.717, 1.165) is 42.3 Å². The minimum absolute atomic E-state index is 0.0886. The van der Waals surface area contributed by atoms with Gasteiger partial charge in [0.15, 0.2) is 15.7 Å². The first-order valence-corrected chi connectivity index (χ1v) is 12.0. The molecule has 2 fully saturated rings. The Labute approximate surface area is 178 Å². The molecule has 0 spiro atoms. The summed E-state index contributed by atoms with van der Waals surface area (Å²) in [5.41, 5.74) is 1.00. The molecule has 0 unspecified atom stereocenters. The van der Waals surface area contributed by atoms with E-state index in [1.807, 2.05) is 0 Å². The molecule has 4 rings (SSSR count). The largest absolute Gasteiger partial charge is 0.378 e. The van der Waals surface area contributed by atoms with Crippen LogP contribution in [0, 0.1) is 0 Å². The van der Waals surface area contributed by atoms with Gasteiger partial charge in [-0.25, -0.2) is 19.7 Å². The number of hydrogen-bond donors (Lipinski definition) is 2. The van der Waals surface area contributed by atoms with Gasteiger partial charge in [0, 0.05) is 25.2 Å². The fourth-order valence-corrected chi connectivity index (χ4v) is 4.00. The predicted molar refractivity (Wildman–Crippen MR) is 119 cm³/mol. The number of carbonyl (C=O) groups excluding carboxylic acids is 1. The first kappa shape index (κ1) is 20.4. The van der Waals surface area contributed by atoms with E-state index >= 15 is 0 Å². The average molecular weight is 436 g/mol. The molecular weight excluding hydrogens is 408 g/mol. The molecule has 0 aromatic carbocycles. The smallest absolute Gasteiger partial charge is 0.321 e. The van der Waals surface area contributed by atoms with Gasteiger partial charge in [-0.1, -0.05) is 11.3 Å². The van der Waals surface area contributed by atoms with Crippen LogP contribution in [-0.2, 0) is 21.2 Å². The lowest BCUT2D eigenvalue weighted by Crippen LogP contribution is -2.37. The van der Waals surface area contributed by atoms with Crippen LogP contribution >= 0.6 is 11.3 Å². The molecule has 2 amide bonds. The molecule has 1 aliphatic heterocycles. The number of ether oxygens (including phenoxy) is 1. The summed E-state index contributed by atoms with van der Waals surface area (Å²) in [6.45, 7) is 7.41. The number of aromatic nitrogens is 3. The summed E-state index contributed by atoms with van der Waals surface area (Å²) in [7, 11) is 0. The summed E-state index contributed by atoms with van der Waals surface area (Å²) in [5, 5.41) is 6.27. The molecule has 10 heteroatoms. The normalized spacial score (nSPS) is 17.3. The van der Waals surface area contributed by atoms with Gasteiger partial charge in [-0.3, -0.25) is 5.32 Å². The lowest BCUT2D eigenvalue weighted by atomic mass is 10.1. The van der Waals surface area contributed by atoms with Crippen molar-refractivity contribution in [2.75, 3.05) is 42.8 Å². The molecular formula is C19H27N6O2S2+. The van der Waals surface area contributed by atoms with E-state index in [0.29, 0.717) is 30.2 Å². The molecule has 1 saturated carbocycles. The maximum absolute atomic E-state index is 12.0. The van der Waals surface area contributed by atoms with Gasteiger partial charge >= 0.3 is 6.03 Å². The SMILES string of the molecule is C[SH+]C(C)(C)c1cc(N2CCOCC2)nc(-c2cnc(NC(=O)NC3CC3)s2)n1. The Kier molecular flexibility index (Phi) is 5.93. The maximum Gasteiger partial charge on any atom is 0.321 e. The summed E-state index contributed by atoms with van der Waals surface area (Å²) in [6, 6.07) is 2.19. The van der Waals surface area contributed by atoms with E-state index in [4.69, 9.17) is 14.7 Å². The van der Waals surface area contributed by atoms with Crippen LogP contribution in [0.15, 0.2) is 12.3 Å². The van der Waals surface area contributed by atoms with Gasteiger partial charge in [0.05, 0.1) is 30.5 Å². The number of nitrogens with one attached hydrogen (secondary N) is 2. The molecule has 8 nitrogen and oxygen atoms in total. The fraction of sp³-hybridized carbons (Fsp3) is 0.579. The van der Waals surface area contributed by atoms with Crippen molar-refractivity contribution in [3.8, 4) is 10.7 Å². The van der Waals surface area contributed by atoms with Gasteiger partial charge in [-0.05, 0) is 38.5 Å². The monoisotopic (exact) mass is 435 g/mol. The third-order valence-electron chi connectivity index (χ3n) is 5.09. The molecule has 2 aromatic heterocycles. The summed E-state index contributed by atoms with van der Waals surface area (Å²) in [5.74, 6) is 1.56. The Balaban J connectivity index is 1.61. The number of carbonyl (C=O) groups is 1. The second-order valence-electron chi connectivity index (χ2n) is 7.72. The minimum atomic E-state index is -0.206. The van der Waals surface area contributed by atoms with E-state index in [2.05, 4.69) is 46.7 Å². The first-order chi connectivity index (χ1) is 13.9. The van der Waals surface area contributed by atoms with E-state index in [-0.39, 0.29) is 10.8 Å². The maximum atomic E-state index is 12.0. The highest BCUT2D eigenvalue weighted by Crippen LogP contribution is 2.32. The number of rotatable bonds is 6. The van der Waals surface area contributed by atoms with Crippen molar-refractivity contribution < 1.29 is 9.53 Å². The van der Waals surface area contributed by atoms with Crippen molar-refractivity contribution in [1.82, 2.24) is 20.3 Å². The van der Waals surface area contributed by atoms with Gasteiger partial charge in [0.1, 0.15) is 11.5 Å². The zero-order valence-corrected chi connectivity index (χ0v) is 18.6. The van der Waals surface area contributed by atoms with Crippen LogP contribution in [0.5, 0.6) is 0 Å². The number of morpholine rings is 1. The van der Waals surface area contributed by atoms with Crippen LogP contribution in [0.3, 0.4) is 0 Å². The van der Waals surface area contributed by atoms with E-state index in [1.54, 1.807) is 6.20 Å². The lowest BCUT2D eigenvalue weighted by Gasteiger charge is -2.29. The Morgan fingerprint density at radius 1 is 1.31 bits per heavy atom. The number of thiazole rings is 1. The van der Waals surface area contributed by atoms with Crippen molar-refractivity contribution in [3.63, 3.8) is 0 Å². The highest BCUT2D eigenvalue weighted by Gasteiger charge is 2.31. The molecule has 2 aromatic rings. The summed E-state index contributed by atoms with van der Waals surface area (Å²) in [4.78, 5) is 29.1. The predicted octanol–water partition coefficient (Wildman–Crippen LogP) is 2.40. The Hall–Kier alpha value is -1.91. The van der Waals surface area contributed by atoms with Gasteiger partial charge in [0.25, 0.3) is 0 Å². The Morgan fingerprint density at radius 3 is 2.76 bits per heavy atom. The topological polar surface area (TPSA) is 92.3 Å². The number of thiol groups is 1. The van der Waals surface area contributed by atoms with Gasteiger partial charge in [-0.2, -0.15) is 0 Å². The zero-order chi connectivity index (χ0) is 20.4. The molecule has 1 saturated heterocycles. The van der Waals surface area contributed by atoms with Crippen molar-refractivity contribution in [3.05, 3.63) is 18.0 Å². The van der Waals surface area contributed by atoms with Crippen LogP contribution in [0.2, 0.25) is 0 Å². The van der Waals surface area contributed by atoms with Crippen LogP contribution < -0.4 is 15.5 Å². The van der Waals surface area contributed by atoms with Crippen molar-refractivity contribution in [2.45, 2.75) is 37.5 Å². The van der Waals surface area contributed by atoms with Crippen LogP contribution in [-0.4, -0.2) is 59.6 Å². The molecule has 1 aliphatic carbocycles. The number of anilines is 2. The van der Waals surface area contributed by atoms with E-state index in [1.165, 1.54) is 23.1 Å². The van der Waals surface area contributed by atoms with Crippen LogP contribution in [0.25, 0.3) is 10.7 Å². The number of nitrogens with zero attached hydrogens (tertiary/aromatic N) is 4. The first-order valence-electron chi connectivity index (χ1n) is 9.81. The Morgan fingerprint density at radius 2 is 2.07 bits per heavy atom. The minimum Gasteiger partial charge on any atom is -0.378 e. The van der Waals surface area contributed by atoms with Gasteiger partial charge < -0.3 is 15.0 Å². The second kappa shape index (κ2) is 8.45. The molecule has 0 radical (unpaired) electrons. The van der Waals surface area contributed by atoms with Crippen LogP contribution in [0.4, 0.5) is 15.7 Å². The molecule has 29 heavy (non-hydrogen) atoms. The van der Waals surface area contributed by atoms with E-state index in [9.17, 15) is 4.79 Å². The van der Waals surface area contributed by atoms with Crippen LogP contribution in [0.1, 0.15) is 32.4 Å². The standard InChI is InChI=1S/C19H26N6O2S2/c1-19(2,28-3)14-10-15(25-6-8-27-9-7-25)23-16(22-14)13-11-20-18(29-13)24-17(26)21-12-4-5-12/h10-12H,4-9H2,1-3H3,(H2,20,21,24,26)/p+1. The lowest BCUT2D eigenvalue weighted by molar-refractivity contribution is 0.122. The van der Waals surface area contributed by atoms with E-state index < -0.39 is 0 Å². The van der Waals surface area contributed by atoms with Crippen molar-refractivity contribution in [1.29, 1.82) is 0 Å². The summed E-state index contributed by atoms with van der Waals surface area (Å²) in [6.07, 6.45) is 5.97. The van der Waals surface area contributed by atoms with Gasteiger partial charge in [-0.15, -0.1) is 0 Å². The summed E-state index contributed by atoms with van der Waals surface area (Å²) >= 11 is 2.63. The molecule has 0 bridgehead atoms. The number of urea groups is 1. The fourth-order valence-electron chi connectivity index (χ4n) is 2.91. The quantitative estimate of drug-likeness (QED) is 0.535. The van der Waals surface area contributed by atoms with Gasteiger partial charge in [0.2, 0.25) is 0 Å². The highest BCUT2D eigenvalue weighted by atomic mass is 32.2.